The zero-order valence-electron chi connectivity index (χ0n) is 7.88. The number of pyridine rings is 1. The number of hydrogen-bond donors (Lipinski definition) is 2. The number of nitrogens with zero attached hydrogens (tertiary/aromatic N) is 3. The normalized spacial score (nSPS) is 13.4. The van der Waals surface area contributed by atoms with E-state index in [9.17, 15) is 0 Å². The van der Waals surface area contributed by atoms with Crippen LogP contribution in [0.15, 0.2) is 18.2 Å². The number of hydrogen-bond acceptors (Lipinski definition) is 4. The number of nitrogens with two attached hydrogens (primary N) is 1. The van der Waals surface area contributed by atoms with Crippen molar-refractivity contribution in [3.8, 4) is 0 Å². The van der Waals surface area contributed by atoms with Crippen LogP contribution in [0.25, 0.3) is 5.65 Å². The third-order valence-corrected chi connectivity index (χ3v) is 2.20. The zero-order chi connectivity index (χ0) is 10.1. The molecule has 0 aliphatic heterocycles. The average Bonchev–Trinajstić information content (AvgIpc) is 2.59. The van der Waals surface area contributed by atoms with E-state index in [1.165, 1.54) is 0 Å². The lowest BCUT2D eigenvalue weighted by atomic mass is 10.2. The van der Waals surface area contributed by atoms with Crippen LogP contribution in [0.3, 0.4) is 0 Å². The standard InChI is InChI=1S/C9H12N4O/c1-6-11-12-9-4-2-3-8(13(6)9)7(10)5-14/h2-4,7,14H,5,10H2,1H3. The summed E-state index contributed by atoms with van der Waals surface area (Å²) in [6.07, 6.45) is 0. The summed E-state index contributed by atoms with van der Waals surface area (Å²) in [6.45, 7) is 1.77. The first-order valence-electron chi connectivity index (χ1n) is 4.41. The Morgan fingerprint density at radius 3 is 3.00 bits per heavy atom. The van der Waals surface area contributed by atoms with Gasteiger partial charge in [0.05, 0.1) is 12.6 Å². The lowest BCUT2D eigenvalue weighted by molar-refractivity contribution is 0.265. The van der Waals surface area contributed by atoms with E-state index in [0.29, 0.717) is 0 Å². The van der Waals surface area contributed by atoms with E-state index in [0.717, 1.165) is 17.2 Å². The molecule has 0 saturated heterocycles. The van der Waals surface area contributed by atoms with Crippen molar-refractivity contribution in [1.82, 2.24) is 14.6 Å². The Labute approximate surface area is 81.2 Å². The molecule has 1 atom stereocenters. The minimum absolute atomic E-state index is 0.0866. The molecule has 74 valence electrons. The molecule has 2 aromatic rings. The Hall–Kier alpha value is -1.46. The predicted octanol–water partition coefficient (Wildman–Crippen LogP) is 0.0298. The number of aliphatic hydroxyl groups excluding tert-OH is 1. The van der Waals surface area contributed by atoms with Crippen molar-refractivity contribution in [3.63, 3.8) is 0 Å². The van der Waals surface area contributed by atoms with E-state index in [1.54, 1.807) is 0 Å². The second-order valence-electron chi connectivity index (χ2n) is 3.18. The van der Waals surface area contributed by atoms with Gasteiger partial charge < -0.3 is 10.8 Å². The van der Waals surface area contributed by atoms with E-state index in [4.69, 9.17) is 10.8 Å². The summed E-state index contributed by atoms with van der Waals surface area (Å²) in [5.74, 6) is 0.777. The molecule has 0 aliphatic rings. The Bertz CT molecular complexity index is 451. The molecule has 0 fully saturated rings. The molecule has 0 spiro atoms. The minimum Gasteiger partial charge on any atom is -0.394 e. The van der Waals surface area contributed by atoms with E-state index >= 15 is 0 Å². The van der Waals surface area contributed by atoms with Gasteiger partial charge >= 0.3 is 0 Å². The Balaban J connectivity index is 2.69. The quantitative estimate of drug-likeness (QED) is 0.703. The first-order chi connectivity index (χ1) is 6.74. The van der Waals surface area contributed by atoms with Gasteiger partial charge in [-0.05, 0) is 19.1 Å². The maximum atomic E-state index is 9.00. The van der Waals surface area contributed by atoms with Crippen LogP contribution < -0.4 is 5.73 Å². The summed E-state index contributed by atoms with van der Waals surface area (Å²) in [5, 5.41) is 16.9. The topological polar surface area (TPSA) is 76.4 Å². The summed E-state index contributed by atoms with van der Waals surface area (Å²) in [5.41, 5.74) is 7.34. The molecule has 0 saturated carbocycles. The highest BCUT2D eigenvalue weighted by molar-refractivity contribution is 5.40. The van der Waals surface area contributed by atoms with Gasteiger partial charge in [-0.3, -0.25) is 4.40 Å². The fraction of sp³-hybridized carbons (Fsp3) is 0.333. The molecule has 0 aliphatic carbocycles. The zero-order valence-corrected chi connectivity index (χ0v) is 7.88. The monoisotopic (exact) mass is 192 g/mol. The van der Waals surface area contributed by atoms with Gasteiger partial charge in [0, 0.05) is 5.69 Å². The van der Waals surface area contributed by atoms with Crippen molar-refractivity contribution in [2.45, 2.75) is 13.0 Å². The Kier molecular flexibility index (Phi) is 2.18. The second kappa shape index (κ2) is 3.36. The van der Waals surface area contributed by atoms with Crippen LogP contribution in [0.2, 0.25) is 0 Å². The molecular formula is C9H12N4O. The molecule has 2 heterocycles. The molecule has 5 heteroatoms. The van der Waals surface area contributed by atoms with Crippen LogP contribution in [0, 0.1) is 6.92 Å². The van der Waals surface area contributed by atoms with Crippen LogP contribution in [0.4, 0.5) is 0 Å². The fourth-order valence-corrected chi connectivity index (χ4v) is 1.50. The van der Waals surface area contributed by atoms with E-state index in [-0.39, 0.29) is 6.61 Å². The minimum atomic E-state index is -0.395. The lowest BCUT2D eigenvalue weighted by Crippen LogP contribution is -2.18. The van der Waals surface area contributed by atoms with Crippen LogP contribution in [-0.2, 0) is 0 Å². The average molecular weight is 192 g/mol. The van der Waals surface area contributed by atoms with Gasteiger partial charge in [-0.2, -0.15) is 0 Å². The van der Waals surface area contributed by atoms with Gasteiger partial charge in [0.25, 0.3) is 0 Å². The van der Waals surface area contributed by atoms with Crippen LogP contribution in [-0.4, -0.2) is 26.3 Å². The fourth-order valence-electron chi connectivity index (χ4n) is 1.50. The van der Waals surface area contributed by atoms with E-state index in [1.807, 2.05) is 29.5 Å². The third-order valence-electron chi connectivity index (χ3n) is 2.20. The summed E-state index contributed by atoms with van der Waals surface area (Å²) in [6, 6.07) is 5.18. The Morgan fingerprint density at radius 2 is 2.29 bits per heavy atom. The van der Waals surface area contributed by atoms with Crippen molar-refractivity contribution in [2.75, 3.05) is 6.61 Å². The number of aryl methyl sites for hydroxylation is 1. The van der Waals surface area contributed by atoms with Crippen LogP contribution in [0.1, 0.15) is 17.6 Å². The first kappa shape index (κ1) is 9.11. The number of fused-ring (bicyclic) bond motifs is 1. The molecule has 14 heavy (non-hydrogen) atoms. The lowest BCUT2D eigenvalue weighted by Gasteiger charge is -2.11. The molecular weight excluding hydrogens is 180 g/mol. The molecule has 3 N–H and O–H groups in total. The first-order valence-corrected chi connectivity index (χ1v) is 4.41. The van der Waals surface area contributed by atoms with Gasteiger partial charge in [-0.25, -0.2) is 0 Å². The van der Waals surface area contributed by atoms with E-state index in [2.05, 4.69) is 10.2 Å². The van der Waals surface area contributed by atoms with Crippen molar-refractivity contribution >= 4 is 5.65 Å². The maximum absolute atomic E-state index is 9.00. The summed E-state index contributed by atoms with van der Waals surface area (Å²) in [7, 11) is 0. The van der Waals surface area contributed by atoms with Crippen LogP contribution >= 0.6 is 0 Å². The number of aromatic nitrogens is 3. The maximum Gasteiger partial charge on any atom is 0.161 e. The summed E-state index contributed by atoms with van der Waals surface area (Å²) >= 11 is 0. The number of aliphatic hydroxyl groups is 1. The molecule has 5 nitrogen and oxygen atoms in total. The van der Waals surface area contributed by atoms with Gasteiger partial charge in [0.15, 0.2) is 5.65 Å². The smallest absolute Gasteiger partial charge is 0.161 e. The highest BCUT2D eigenvalue weighted by atomic mass is 16.3. The highest BCUT2D eigenvalue weighted by Crippen LogP contribution is 2.13. The molecule has 1 unspecified atom stereocenters. The molecule has 0 radical (unpaired) electrons. The van der Waals surface area contributed by atoms with Crippen molar-refractivity contribution in [1.29, 1.82) is 0 Å². The number of rotatable bonds is 2. The van der Waals surface area contributed by atoms with Crippen molar-refractivity contribution in [3.05, 3.63) is 29.7 Å². The molecule has 2 rings (SSSR count). The molecule has 2 aromatic heterocycles. The summed E-state index contributed by atoms with van der Waals surface area (Å²) in [4.78, 5) is 0. The van der Waals surface area contributed by atoms with Gasteiger partial charge in [0.2, 0.25) is 0 Å². The molecule has 0 bridgehead atoms. The SMILES string of the molecule is Cc1nnc2cccc(C(N)CO)n12. The second-order valence-corrected chi connectivity index (χ2v) is 3.18. The summed E-state index contributed by atoms with van der Waals surface area (Å²) < 4.78 is 1.85. The largest absolute Gasteiger partial charge is 0.394 e. The van der Waals surface area contributed by atoms with Crippen molar-refractivity contribution in [2.24, 2.45) is 5.73 Å². The van der Waals surface area contributed by atoms with Gasteiger partial charge in [-0.15, -0.1) is 10.2 Å². The molecule has 0 aromatic carbocycles. The van der Waals surface area contributed by atoms with Crippen molar-refractivity contribution < 1.29 is 5.11 Å². The molecule has 0 amide bonds. The predicted molar refractivity (Wildman–Crippen MR) is 51.7 cm³/mol. The highest BCUT2D eigenvalue weighted by Gasteiger charge is 2.11. The third kappa shape index (κ3) is 1.26. The Morgan fingerprint density at radius 1 is 1.50 bits per heavy atom. The van der Waals surface area contributed by atoms with Gasteiger partial charge in [-0.1, -0.05) is 6.07 Å². The van der Waals surface area contributed by atoms with Crippen LogP contribution in [0.5, 0.6) is 0 Å². The van der Waals surface area contributed by atoms with Gasteiger partial charge in [0.1, 0.15) is 5.82 Å². The van der Waals surface area contributed by atoms with E-state index < -0.39 is 6.04 Å².